The Bertz CT molecular complexity index is 339. The fourth-order valence-corrected chi connectivity index (χ4v) is 1.04. The van der Waals surface area contributed by atoms with Crippen molar-refractivity contribution in [2.45, 2.75) is 13.1 Å². The average molecular weight is 220 g/mol. The molecule has 1 aromatic carbocycles. The van der Waals surface area contributed by atoms with Crippen LogP contribution in [0.3, 0.4) is 0 Å². The van der Waals surface area contributed by atoms with E-state index in [2.05, 4.69) is 10.2 Å². The van der Waals surface area contributed by atoms with Gasteiger partial charge < -0.3 is 10.2 Å². The lowest BCUT2D eigenvalue weighted by Gasteiger charge is -2.13. The molecule has 0 aliphatic heterocycles. The molecule has 0 saturated carbocycles. The first-order valence-electron chi connectivity index (χ1n) is 4.19. The summed E-state index contributed by atoms with van der Waals surface area (Å²) in [5, 5.41) is 0. The van der Waals surface area contributed by atoms with E-state index in [1.807, 2.05) is 0 Å². The Kier molecular flexibility index (Phi) is 3.41. The van der Waals surface area contributed by atoms with Crippen molar-refractivity contribution in [1.29, 1.82) is 0 Å². The molecule has 0 spiro atoms. The van der Waals surface area contributed by atoms with Gasteiger partial charge in [-0.15, -0.1) is 0 Å². The molecule has 0 aliphatic carbocycles. The normalized spacial score (nSPS) is 11.3. The standard InChI is InChI=1S/C9H11F3N2O/c1-6-2-3-8(7(4-6)14-13)15-5-9(10,11)12/h2-4,14H,5,13H2,1H3. The summed E-state index contributed by atoms with van der Waals surface area (Å²) < 4.78 is 40.2. The van der Waals surface area contributed by atoms with Gasteiger partial charge >= 0.3 is 6.18 Å². The molecule has 0 aliphatic rings. The summed E-state index contributed by atoms with van der Waals surface area (Å²) in [6.07, 6.45) is -4.35. The molecule has 1 aromatic rings. The lowest BCUT2D eigenvalue weighted by atomic mass is 10.2. The Hall–Kier alpha value is -1.43. The van der Waals surface area contributed by atoms with E-state index in [1.54, 1.807) is 19.1 Å². The summed E-state index contributed by atoms with van der Waals surface area (Å²) in [6.45, 7) is 0.471. The zero-order valence-corrected chi connectivity index (χ0v) is 8.06. The van der Waals surface area contributed by atoms with E-state index in [4.69, 9.17) is 5.84 Å². The topological polar surface area (TPSA) is 47.3 Å². The van der Waals surface area contributed by atoms with Crippen molar-refractivity contribution in [3.63, 3.8) is 0 Å². The summed E-state index contributed by atoms with van der Waals surface area (Å²) >= 11 is 0. The van der Waals surface area contributed by atoms with E-state index >= 15 is 0 Å². The first-order valence-corrected chi connectivity index (χ1v) is 4.19. The van der Waals surface area contributed by atoms with Crippen LogP contribution < -0.4 is 16.0 Å². The molecule has 0 aromatic heterocycles. The molecule has 0 fully saturated rings. The lowest BCUT2D eigenvalue weighted by Crippen LogP contribution is -2.20. The fourth-order valence-electron chi connectivity index (χ4n) is 1.04. The minimum absolute atomic E-state index is 0.0837. The van der Waals surface area contributed by atoms with Gasteiger partial charge in [0.2, 0.25) is 0 Å². The number of ether oxygens (including phenoxy) is 1. The van der Waals surface area contributed by atoms with Gasteiger partial charge in [0.15, 0.2) is 6.61 Å². The molecule has 3 N–H and O–H groups in total. The molecule has 15 heavy (non-hydrogen) atoms. The molecule has 0 amide bonds. The van der Waals surface area contributed by atoms with Gasteiger partial charge in [0.1, 0.15) is 5.75 Å². The number of benzene rings is 1. The molecule has 0 atom stereocenters. The highest BCUT2D eigenvalue weighted by Gasteiger charge is 2.28. The Labute approximate surface area is 85.0 Å². The van der Waals surface area contributed by atoms with Crippen LogP contribution in [0, 0.1) is 6.92 Å². The number of hydrazine groups is 1. The smallest absolute Gasteiger partial charge is 0.422 e. The van der Waals surface area contributed by atoms with Crippen molar-refractivity contribution in [3.05, 3.63) is 23.8 Å². The predicted octanol–water partition coefficient (Wildman–Crippen LogP) is 2.22. The molecule has 0 radical (unpaired) electrons. The Morgan fingerprint density at radius 2 is 2.07 bits per heavy atom. The molecule has 84 valence electrons. The predicted molar refractivity (Wildman–Crippen MR) is 50.5 cm³/mol. The van der Waals surface area contributed by atoms with Crippen LogP contribution in [0.1, 0.15) is 5.56 Å². The van der Waals surface area contributed by atoms with Gasteiger partial charge in [-0.25, -0.2) is 0 Å². The maximum absolute atomic E-state index is 11.9. The van der Waals surface area contributed by atoms with Crippen molar-refractivity contribution in [2.24, 2.45) is 5.84 Å². The van der Waals surface area contributed by atoms with Gasteiger partial charge in [-0.1, -0.05) is 6.07 Å². The minimum atomic E-state index is -4.35. The number of halogens is 3. The number of hydrogen-bond acceptors (Lipinski definition) is 3. The molecule has 0 unspecified atom stereocenters. The zero-order valence-electron chi connectivity index (χ0n) is 8.06. The Morgan fingerprint density at radius 1 is 1.40 bits per heavy atom. The van der Waals surface area contributed by atoms with Gasteiger partial charge in [0.25, 0.3) is 0 Å². The van der Waals surface area contributed by atoms with Crippen molar-refractivity contribution in [2.75, 3.05) is 12.0 Å². The van der Waals surface area contributed by atoms with Crippen molar-refractivity contribution >= 4 is 5.69 Å². The Morgan fingerprint density at radius 3 is 2.60 bits per heavy atom. The van der Waals surface area contributed by atoms with Crippen LogP contribution in [0.25, 0.3) is 0 Å². The summed E-state index contributed by atoms with van der Waals surface area (Å²) in [5.74, 6) is 5.23. The highest BCUT2D eigenvalue weighted by molar-refractivity contribution is 5.57. The van der Waals surface area contributed by atoms with Crippen LogP contribution in [-0.4, -0.2) is 12.8 Å². The molecule has 6 heteroatoms. The second-order valence-electron chi connectivity index (χ2n) is 3.05. The SMILES string of the molecule is Cc1ccc(OCC(F)(F)F)c(NN)c1. The summed E-state index contributed by atoms with van der Waals surface area (Å²) in [5.41, 5.74) is 3.49. The third-order valence-electron chi connectivity index (χ3n) is 1.68. The third-order valence-corrected chi connectivity index (χ3v) is 1.68. The fraction of sp³-hybridized carbons (Fsp3) is 0.333. The van der Waals surface area contributed by atoms with E-state index < -0.39 is 12.8 Å². The number of hydrogen-bond donors (Lipinski definition) is 2. The van der Waals surface area contributed by atoms with Crippen LogP contribution in [-0.2, 0) is 0 Å². The lowest BCUT2D eigenvalue weighted by molar-refractivity contribution is -0.153. The quantitative estimate of drug-likeness (QED) is 0.606. The molecule has 3 nitrogen and oxygen atoms in total. The molecule has 0 saturated heterocycles. The monoisotopic (exact) mass is 220 g/mol. The minimum Gasteiger partial charge on any atom is -0.482 e. The van der Waals surface area contributed by atoms with E-state index in [0.29, 0.717) is 5.69 Å². The van der Waals surface area contributed by atoms with Crippen molar-refractivity contribution in [3.8, 4) is 5.75 Å². The van der Waals surface area contributed by atoms with Crippen LogP contribution in [0.15, 0.2) is 18.2 Å². The first kappa shape index (κ1) is 11.6. The van der Waals surface area contributed by atoms with Crippen molar-refractivity contribution in [1.82, 2.24) is 0 Å². The number of nitrogen functional groups attached to an aromatic ring is 1. The molecule has 1 rings (SSSR count). The van der Waals surface area contributed by atoms with Gasteiger partial charge in [-0.3, -0.25) is 5.84 Å². The highest BCUT2D eigenvalue weighted by atomic mass is 19.4. The second kappa shape index (κ2) is 4.39. The zero-order chi connectivity index (χ0) is 11.5. The second-order valence-corrected chi connectivity index (χ2v) is 3.05. The highest BCUT2D eigenvalue weighted by Crippen LogP contribution is 2.26. The van der Waals surface area contributed by atoms with Gasteiger partial charge in [-0.2, -0.15) is 13.2 Å². The van der Waals surface area contributed by atoms with Crippen LogP contribution >= 0.6 is 0 Å². The number of nitrogens with one attached hydrogen (secondary N) is 1. The number of alkyl halides is 3. The first-order chi connectivity index (χ1) is 6.92. The van der Waals surface area contributed by atoms with Gasteiger partial charge in [0, 0.05) is 0 Å². The third kappa shape index (κ3) is 3.67. The molecule has 0 bridgehead atoms. The molecule has 0 heterocycles. The van der Waals surface area contributed by atoms with Crippen LogP contribution in [0.5, 0.6) is 5.75 Å². The number of anilines is 1. The van der Waals surface area contributed by atoms with E-state index in [1.165, 1.54) is 6.07 Å². The Balaban J connectivity index is 2.76. The van der Waals surface area contributed by atoms with E-state index in [0.717, 1.165) is 5.56 Å². The van der Waals surface area contributed by atoms with Crippen LogP contribution in [0.4, 0.5) is 18.9 Å². The molecular formula is C9H11F3N2O. The van der Waals surface area contributed by atoms with Crippen LogP contribution in [0.2, 0.25) is 0 Å². The van der Waals surface area contributed by atoms with E-state index in [-0.39, 0.29) is 5.75 Å². The maximum atomic E-state index is 11.9. The largest absolute Gasteiger partial charge is 0.482 e. The maximum Gasteiger partial charge on any atom is 0.422 e. The van der Waals surface area contributed by atoms with Crippen molar-refractivity contribution < 1.29 is 17.9 Å². The summed E-state index contributed by atoms with van der Waals surface area (Å²) in [6, 6.07) is 4.69. The average Bonchev–Trinajstić information content (AvgIpc) is 2.14. The van der Waals surface area contributed by atoms with Gasteiger partial charge in [0.05, 0.1) is 5.69 Å². The summed E-state index contributed by atoms with van der Waals surface area (Å²) in [7, 11) is 0. The summed E-state index contributed by atoms with van der Waals surface area (Å²) in [4.78, 5) is 0. The number of nitrogens with two attached hydrogens (primary N) is 1. The number of rotatable bonds is 3. The molecular weight excluding hydrogens is 209 g/mol. The number of aryl methyl sites for hydroxylation is 1. The van der Waals surface area contributed by atoms with Gasteiger partial charge in [-0.05, 0) is 24.6 Å². The van der Waals surface area contributed by atoms with E-state index in [9.17, 15) is 13.2 Å².